The smallest absolute Gasteiger partial charge is 0.193 e. The number of hydrogen-bond donors (Lipinski definition) is 2. The summed E-state index contributed by atoms with van der Waals surface area (Å²) in [4.78, 5) is 4.31. The number of halogens is 2. The molecule has 0 spiro atoms. The second kappa shape index (κ2) is 9.77. The zero-order chi connectivity index (χ0) is 15.9. The van der Waals surface area contributed by atoms with Gasteiger partial charge in [0.1, 0.15) is 11.9 Å². The van der Waals surface area contributed by atoms with Gasteiger partial charge < -0.3 is 15.8 Å². The molecule has 0 aliphatic carbocycles. The van der Waals surface area contributed by atoms with E-state index in [0.717, 1.165) is 15.9 Å². The van der Waals surface area contributed by atoms with E-state index in [2.05, 4.69) is 26.2 Å². The number of hydrogen-bond acceptors (Lipinski definition) is 2. The molecule has 2 aromatic rings. The molecular weight excluding hydrogens is 469 g/mol. The quantitative estimate of drug-likeness (QED) is 0.367. The van der Waals surface area contributed by atoms with Crippen LogP contribution >= 0.6 is 39.9 Å². The summed E-state index contributed by atoms with van der Waals surface area (Å²) in [6.07, 6.45) is -0.0722. The SMILES string of the molecule is Cc1ccc(NC(N)=NCC(C)Oc2ccccc2Br)cc1.I. The Morgan fingerprint density at radius 3 is 2.52 bits per heavy atom. The molecule has 0 aromatic heterocycles. The maximum absolute atomic E-state index is 5.89. The average Bonchev–Trinajstić information content (AvgIpc) is 2.50. The van der Waals surface area contributed by atoms with Crippen molar-refractivity contribution in [1.82, 2.24) is 0 Å². The molecule has 2 rings (SSSR count). The number of nitrogens with two attached hydrogens (primary N) is 1. The van der Waals surface area contributed by atoms with Crippen LogP contribution in [0.25, 0.3) is 0 Å². The largest absolute Gasteiger partial charge is 0.488 e. The molecule has 0 bridgehead atoms. The van der Waals surface area contributed by atoms with Gasteiger partial charge in [-0.15, -0.1) is 24.0 Å². The van der Waals surface area contributed by atoms with Gasteiger partial charge in [0.2, 0.25) is 0 Å². The highest BCUT2D eigenvalue weighted by Crippen LogP contribution is 2.24. The second-order valence-corrected chi connectivity index (χ2v) is 5.93. The summed E-state index contributed by atoms with van der Waals surface area (Å²) in [5.41, 5.74) is 8.02. The standard InChI is InChI=1S/C17H20BrN3O.HI/c1-12-7-9-14(10-8-12)21-17(19)20-11-13(2)22-16-6-4-3-5-15(16)18;/h3-10,13H,11H2,1-2H3,(H3,19,20,21);1H. The molecule has 2 aromatic carbocycles. The Morgan fingerprint density at radius 1 is 1.22 bits per heavy atom. The predicted octanol–water partition coefficient (Wildman–Crippen LogP) is 4.57. The number of guanidine groups is 1. The minimum Gasteiger partial charge on any atom is -0.488 e. The fourth-order valence-electron chi connectivity index (χ4n) is 1.85. The number of aryl methyl sites for hydroxylation is 1. The molecule has 0 aliphatic rings. The van der Waals surface area contributed by atoms with Gasteiger partial charge in [-0.2, -0.15) is 0 Å². The van der Waals surface area contributed by atoms with Crippen LogP contribution in [0.5, 0.6) is 5.75 Å². The van der Waals surface area contributed by atoms with E-state index in [-0.39, 0.29) is 30.1 Å². The Hall–Kier alpha value is -1.28. The fraction of sp³-hybridized carbons (Fsp3) is 0.235. The first-order valence-electron chi connectivity index (χ1n) is 7.09. The number of benzene rings is 2. The summed E-state index contributed by atoms with van der Waals surface area (Å²) < 4.78 is 6.75. The number of nitrogens with zero attached hydrogens (tertiary/aromatic N) is 1. The Bertz CT molecular complexity index is 647. The van der Waals surface area contributed by atoms with Gasteiger partial charge in [0, 0.05) is 5.69 Å². The zero-order valence-electron chi connectivity index (χ0n) is 13.1. The van der Waals surface area contributed by atoms with Crippen molar-refractivity contribution in [2.24, 2.45) is 10.7 Å². The molecule has 0 fully saturated rings. The number of aliphatic imine (C=N–C) groups is 1. The van der Waals surface area contributed by atoms with Gasteiger partial charge in [-0.25, -0.2) is 4.99 Å². The van der Waals surface area contributed by atoms with Crippen molar-refractivity contribution in [1.29, 1.82) is 0 Å². The van der Waals surface area contributed by atoms with E-state index in [1.807, 2.05) is 62.4 Å². The van der Waals surface area contributed by atoms with Gasteiger partial charge in [-0.3, -0.25) is 0 Å². The van der Waals surface area contributed by atoms with Gasteiger partial charge in [-0.1, -0.05) is 29.8 Å². The first-order chi connectivity index (χ1) is 10.5. The van der Waals surface area contributed by atoms with Crippen LogP contribution in [0, 0.1) is 6.92 Å². The molecule has 124 valence electrons. The lowest BCUT2D eigenvalue weighted by atomic mass is 10.2. The molecule has 0 radical (unpaired) electrons. The van der Waals surface area contributed by atoms with Crippen LogP contribution in [-0.4, -0.2) is 18.6 Å². The van der Waals surface area contributed by atoms with E-state index in [1.165, 1.54) is 5.56 Å². The number of rotatable bonds is 5. The van der Waals surface area contributed by atoms with Crippen molar-refractivity contribution in [2.75, 3.05) is 11.9 Å². The van der Waals surface area contributed by atoms with Gasteiger partial charge in [0.25, 0.3) is 0 Å². The molecule has 0 amide bonds. The Balaban J connectivity index is 0.00000264. The summed E-state index contributed by atoms with van der Waals surface area (Å²) in [7, 11) is 0. The third kappa shape index (κ3) is 6.78. The summed E-state index contributed by atoms with van der Waals surface area (Å²) in [5, 5.41) is 3.06. The summed E-state index contributed by atoms with van der Waals surface area (Å²) in [6, 6.07) is 15.7. The molecule has 0 saturated carbocycles. The van der Waals surface area contributed by atoms with E-state index in [4.69, 9.17) is 10.5 Å². The molecule has 1 atom stereocenters. The monoisotopic (exact) mass is 489 g/mol. The van der Waals surface area contributed by atoms with Crippen LogP contribution in [0.4, 0.5) is 5.69 Å². The molecule has 23 heavy (non-hydrogen) atoms. The Morgan fingerprint density at radius 2 is 1.87 bits per heavy atom. The Labute approximate surface area is 162 Å². The van der Waals surface area contributed by atoms with Crippen molar-refractivity contribution in [3.8, 4) is 5.75 Å². The number of nitrogens with one attached hydrogen (secondary N) is 1. The topological polar surface area (TPSA) is 59.6 Å². The third-order valence-electron chi connectivity index (χ3n) is 3.01. The number of anilines is 1. The van der Waals surface area contributed by atoms with Gasteiger partial charge >= 0.3 is 0 Å². The first kappa shape index (κ1) is 19.8. The predicted molar refractivity (Wildman–Crippen MR) is 111 cm³/mol. The summed E-state index contributed by atoms with van der Waals surface area (Å²) >= 11 is 3.46. The second-order valence-electron chi connectivity index (χ2n) is 5.08. The van der Waals surface area contributed by atoms with Gasteiger partial charge in [0.05, 0.1) is 11.0 Å². The maximum Gasteiger partial charge on any atom is 0.193 e. The minimum atomic E-state index is -0.0722. The van der Waals surface area contributed by atoms with Crippen LogP contribution in [0.3, 0.4) is 0 Å². The van der Waals surface area contributed by atoms with Crippen molar-refractivity contribution in [3.05, 3.63) is 58.6 Å². The first-order valence-corrected chi connectivity index (χ1v) is 7.88. The van der Waals surface area contributed by atoms with Crippen molar-refractivity contribution >= 4 is 51.6 Å². The zero-order valence-corrected chi connectivity index (χ0v) is 17.0. The molecule has 0 heterocycles. The molecule has 3 N–H and O–H groups in total. The van der Waals surface area contributed by atoms with Crippen LogP contribution < -0.4 is 15.8 Å². The van der Waals surface area contributed by atoms with E-state index < -0.39 is 0 Å². The highest BCUT2D eigenvalue weighted by atomic mass is 127. The van der Waals surface area contributed by atoms with Gasteiger partial charge in [-0.05, 0) is 54.0 Å². The maximum atomic E-state index is 5.89. The lowest BCUT2D eigenvalue weighted by molar-refractivity contribution is 0.229. The molecule has 1 unspecified atom stereocenters. The van der Waals surface area contributed by atoms with E-state index in [1.54, 1.807) is 0 Å². The highest BCUT2D eigenvalue weighted by Gasteiger charge is 2.06. The molecule has 0 aliphatic heterocycles. The third-order valence-corrected chi connectivity index (χ3v) is 3.66. The van der Waals surface area contributed by atoms with Crippen LogP contribution in [0.2, 0.25) is 0 Å². The van der Waals surface area contributed by atoms with Crippen LogP contribution in [0.1, 0.15) is 12.5 Å². The molecule has 6 heteroatoms. The van der Waals surface area contributed by atoms with E-state index in [0.29, 0.717) is 12.5 Å². The lowest BCUT2D eigenvalue weighted by Gasteiger charge is -2.14. The van der Waals surface area contributed by atoms with Crippen LogP contribution in [-0.2, 0) is 0 Å². The summed E-state index contributed by atoms with van der Waals surface area (Å²) in [6.45, 7) is 4.48. The van der Waals surface area contributed by atoms with E-state index >= 15 is 0 Å². The van der Waals surface area contributed by atoms with Crippen LogP contribution in [0.15, 0.2) is 58.0 Å². The summed E-state index contributed by atoms with van der Waals surface area (Å²) in [5.74, 6) is 1.18. The van der Waals surface area contributed by atoms with Crippen molar-refractivity contribution in [3.63, 3.8) is 0 Å². The van der Waals surface area contributed by atoms with Crippen molar-refractivity contribution < 1.29 is 4.74 Å². The highest BCUT2D eigenvalue weighted by molar-refractivity contribution is 14.0. The average molecular weight is 490 g/mol. The molecular formula is C17H21BrIN3O. The Kier molecular flexibility index (Phi) is 8.40. The molecule has 4 nitrogen and oxygen atoms in total. The number of para-hydroxylation sites is 1. The van der Waals surface area contributed by atoms with Gasteiger partial charge in [0.15, 0.2) is 5.96 Å². The minimum absolute atomic E-state index is 0. The lowest BCUT2D eigenvalue weighted by Crippen LogP contribution is -2.25. The van der Waals surface area contributed by atoms with Crippen molar-refractivity contribution in [2.45, 2.75) is 20.0 Å². The molecule has 0 saturated heterocycles. The van der Waals surface area contributed by atoms with E-state index in [9.17, 15) is 0 Å². The fourth-order valence-corrected chi connectivity index (χ4v) is 2.22. The number of ether oxygens (including phenoxy) is 1. The normalized spacial score (nSPS) is 12.2.